The molecule has 206 valence electrons. The Morgan fingerprint density at radius 3 is 2.62 bits per heavy atom. The molecule has 1 heterocycles. The molecule has 0 radical (unpaired) electrons. The molecular weight excluding hydrogens is 500 g/mol. The summed E-state index contributed by atoms with van der Waals surface area (Å²) in [6, 6.07) is 15.2. The molecule has 0 spiro atoms. The number of carboxylic acids is 1. The molecule has 0 aliphatic heterocycles. The predicted octanol–water partition coefficient (Wildman–Crippen LogP) is 3.35. The van der Waals surface area contributed by atoms with Gasteiger partial charge in [0.15, 0.2) is 0 Å². The van der Waals surface area contributed by atoms with E-state index in [9.17, 15) is 24.3 Å². The van der Waals surface area contributed by atoms with Crippen molar-refractivity contribution in [3.8, 4) is 0 Å². The number of para-hydroxylation sites is 1. The quantitative estimate of drug-likeness (QED) is 0.278. The van der Waals surface area contributed by atoms with Crippen LogP contribution >= 0.6 is 0 Å². The summed E-state index contributed by atoms with van der Waals surface area (Å²) in [6.07, 6.45) is 3.70. The zero-order valence-corrected chi connectivity index (χ0v) is 21.9. The van der Waals surface area contributed by atoms with Gasteiger partial charge in [0.05, 0.1) is 17.0 Å². The molecule has 10 heteroatoms. The fraction of sp³-hybridized carbons (Fsp3) is 0.379. The van der Waals surface area contributed by atoms with Crippen LogP contribution in [0.4, 0.5) is 4.79 Å². The number of carbonyl (C=O) groups excluding carboxylic acids is 3. The van der Waals surface area contributed by atoms with E-state index in [1.807, 2.05) is 60.3 Å². The van der Waals surface area contributed by atoms with Crippen LogP contribution in [0.5, 0.6) is 0 Å². The Bertz CT molecular complexity index is 1320. The number of hydrogen-bond donors (Lipinski definition) is 4. The summed E-state index contributed by atoms with van der Waals surface area (Å²) >= 11 is 0. The van der Waals surface area contributed by atoms with Gasteiger partial charge in [-0.15, -0.1) is 0 Å². The molecule has 4 N–H and O–H groups in total. The first-order valence-electron chi connectivity index (χ1n) is 13.2. The molecule has 4 rings (SSSR count). The maximum Gasteiger partial charge on any atom is 0.407 e. The molecule has 2 aromatic carbocycles. The maximum atomic E-state index is 13.3. The molecule has 0 bridgehead atoms. The molecule has 3 aromatic rings. The van der Waals surface area contributed by atoms with Crippen molar-refractivity contribution in [1.82, 2.24) is 20.5 Å². The Hall–Kier alpha value is -4.34. The zero-order valence-electron chi connectivity index (χ0n) is 21.9. The molecule has 0 unspecified atom stereocenters. The van der Waals surface area contributed by atoms with Gasteiger partial charge >= 0.3 is 12.1 Å². The van der Waals surface area contributed by atoms with Crippen LogP contribution < -0.4 is 16.0 Å². The SMILES string of the molecule is Cn1ccc2cccc(C(=O)N[C@@H](CCCNC(=O)OCc3ccccc3)C(=O)N[C@H]3CCC[C@H]3C(=O)O)c21. The highest BCUT2D eigenvalue weighted by Crippen LogP contribution is 2.26. The minimum Gasteiger partial charge on any atom is -0.481 e. The van der Waals surface area contributed by atoms with Crippen LogP contribution in [-0.2, 0) is 28.0 Å². The van der Waals surface area contributed by atoms with Crippen molar-refractivity contribution in [2.75, 3.05) is 6.54 Å². The van der Waals surface area contributed by atoms with E-state index >= 15 is 0 Å². The summed E-state index contributed by atoms with van der Waals surface area (Å²) in [5, 5.41) is 18.8. The second-order valence-electron chi connectivity index (χ2n) is 9.82. The van der Waals surface area contributed by atoms with Crippen molar-refractivity contribution in [3.05, 3.63) is 71.9 Å². The molecule has 39 heavy (non-hydrogen) atoms. The third kappa shape index (κ3) is 7.16. The smallest absolute Gasteiger partial charge is 0.407 e. The van der Waals surface area contributed by atoms with Crippen LogP contribution in [0.2, 0.25) is 0 Å². The highest BCUT2D eigenvalue weighted by molar-refractivity contribution is 6.07. The Morgan fingerprint density at radius 1 is 1.05 bits per heavy atom. The lowest BCUT2D eigenvalue weighted by molar-refractivity contribution is -0.142. The van der Waals surface area contributed by atoms with E-state index in [-0.39, 0.29) is 19.6 Å². The third-order valence-corrected chi connectivity index (χ3v) is 7.08. The van der Waals surface area contributed by atoms with Gasteiger partial charge in [-0.05, 0) is 43.4 Å². The molecule has 3 atom stereocenters. The van der Waals surface area contributed by atoms with Crippen LogP contribution in [0, 0.1) is 5.92 Å². The molecule has 3 amide bonds. The van der Waals surface area contributed by atoms with Gasteiger partial charge in [-0.2, -0.15) is 0 Å². The lowest BCUT2D eigenvalue weighted by atomic mass is 10.0. The van der Waals surface area contributed by atoms with Crippen LogP contribution in [0.3, 0.4) is 0 Å². The average Bonchev–Trinajstić information content (AvgIpc) is 3.56. The fourth-order valence-corrected chi connectivity index (χ4v) is 5.03. The number of hydrogen-bond acceptors (Lipinski definition) is 5. The van der Waals surface area contributed by atoms with Gasteiger partial charge in [0.25, 0.3) is 5.91 Å². The molecule has 1 aliphatic carbocycles. The Labute approximate surface area is 226 Å². The Balaban J connectivity index is 1.38. The summed E-state index contributed by atoms with van der Waals surface area (Å²) in [4.78, 5) is 50.3. The highest BCUT2D eigenvalue weighted by Gasteiger charge is 2.35. The Kier molecular flexibility index (Phi) is 9.19. The molecule has 1 aromatic heterocycles. The van der Waals surface area contributed by atoms with Gasteiger partial charge in [-0.25, -0.2) is 4.79 Å². The lowest BCUT2D eigenvalue weighted by Gasteiger charge is -2.23. The first-order chi connectivity index (χ1) is 18.8. The number of fused-ring (bicyclic) bond motifs is 1. The monoisotopic (exact) mass is 534 g/mol. The van der Waals surface area contributed by atoms with Crippen LogP contribution in [0.25, 0.3) is 10.9 Å². The lowest BCUT2D eigenvalue weighted by Crippen LogP contribution is -2.51. The predicted molar refractivity (Wildman–Crippen MR) is 145 cm³/mol. The van der Waals surface area contributed by atoms with Crippen molar-refractivity contribution in [3.63, 3.8) is 0 Å². The van der Waals surface area contributed by atoms with Gasteiger partial charge in [-0.1, -0.05) is 48.9 Å². The summed E-state index contributed by atoms with van der Waals surface area (Å²) < 4.78 is 7.06. The van der Waals surface area contributed by atoms with Gasteiger partial charge < -0.3 is 30.4 Å². The number of aryl methyl sites for hydroxylation is 1. The third-order valence-electron chi connectivity index (χ3n) is 7.08. The number of ether oxygens (including phenoxy) is 1. The van der Waals surface area contributed by atoms with Gasteiger partial charge in [-0.3, -0.25) is 14.4 Å². The second kappa shape index (κ2) is 12.9. The number of amides is 3. The number of nitrogens with zero attached hydrogens (tertiary/aromatic N) is 1. The molecule has 1 fully saturated rings. The summed E-state index contributed by atoms with van der Waals surface area (Å²) in [5.41, 5.74) is 2.05. The highest BCUT2D eigenvalue weighted by atomic mass is 16.5. The van der Waals surface area contributed by atoms with Crippen molar-refractivity contribution in [2.45, 2.75) is 50.8 Å². The summed E-state index contributed by atoms with van der Waals surface area (Å²) in [7, 11) is 1.85. The van der Waals surface area contributed by atoms with Crippen LogP contribution in [0.1, 0.15) is 48.0 Å². The standard InChI is InChI=1S/C29H34N4O6/c1-33-17-15-20-10-5-12-22(25(20)33)26(34)32-24(27(35)31-23-13-6-11-21(23)28(36)37)14-7-16-30-29(38)39-18-19-8-3-2-4-9-19/h2-5,8-10,12,15,17,21,23-24H,6-7,11,13-14,16,18H2,1H3,(H,30,38)(H,31,35)(H,32,34)(H,36,37)/t21-,23+,24+/m1/s1. The fourth-order valence-electron chi connectivity index (χ4n) is 5.03. The van der Waals surface area contributed by atoms with E-state index in [1.165, 1.54) is 0 Å². The number of alkyl carbamates (subject to hydrolysis) is 1. The van der Waals surface area contributed by atoms with Gasteiger partial charge in [0.2, 0.25) is 5.91 Å². The number of benzene rings is 2. The van der Waals surface area contributed by atoms with Crippen LogP contribution in [0.15, 0.2) is 60.8 Å². The first kappa shape index (κ1) is 27.7. The normalized spacial score (nSPS) is 17.4. The van der Waals surface area contributed by atoms with Crippen molar-refractivity contribution < 1.29 is 29.0 Å². The minimum absolute atomic E-state index is 0.143. The average molecular weight is 535 g/mol. The largest absolute Gasteiger partial charge is 0.481 e. The first-order valence-corrected chi connectivity index (χ1v) is 13.2. The number of carboxylic acid groups (broad SMARTS) is 1. The van der Waals surface area contributed by atoms with E-state index in [0.29, 0.717) is 31.2 Å². The van der Waals surface area contributed by atoms with Gasteiger partial charge in [0, 0.05) is 31.2 Å². The summed E-state index contributed by atoms with van der Waals surface area (Å²) in [6.45, 7) is 0.381. The summed E-state index contributed by atoms with van der Waals surface area (Å²) in [5.74, 6) is -2.43. The van der Waals surface area contributed by atoms with Crippen LogP contribution in [-0.4, -0.2) is 52.2 Å². The van der Waals surface area contributed by atoms with Crippen molar-refractivity contribution >= 4 is 34.8 Å². The topological polar surface area (TPSA) is 139 Å². The molecular formula is C29H34N4O6. The second-order valence-corrected chi connectivity index (χ2v) is 9.82. The minimum atomic E-state index is -0.938. The van der Waals surface area contributed by atoms with E-state index in [4.69, 9.17) is 4.74 Å². The number of aromatic nitrogens is 1. The molecule has 0 saturated heterocycles. The van der Waals surface area contributed by atoms with Crippen molar-refractivity contribution in [2.24, 2.45) is 13.0 Å². The van der Waals surface area contributed by atoms with E-state index < -0.39 is 41.9 Å². The number of rotatable bonds is 11. The van der Waals surface area contributed by atoms with Crippen molar-refractivity contribution in [1.29, 1.82) is 0 Å². The maximum absolute atomic E-state index is 13.3. The molecule has 10 nitrogen and oxygen atoms in total. The molecule has 1 aliphatic rings. The number of carbonyl (C=O) groups is 4. The van der Waals surface area contributed by atoms with E-state index in [0.717, 1.165) is 16.5 Å². The number of aliphatic carboxylic acids is 1. The van der Waals surface area contributed by atoms with Gasteiger partial charge in [0.1, 0.15) is 12.6 Å². The Morgan fingerprint density at radius 2 is 1.85 bits per heavy atom. The molecule has 1 saturated carbocycles. The van der Waals surface area contributed by atoms with E-state index in [1.54, 1.807) is 12.1 Å². The number of nitrogens with one attached hydrogen (secondary N) is 3. The zero-order chi connectivity index (χ0) is 27.8. The van der Waals surface area contributed by atoms with E-state index in [2.05, 4.69) is 16.0 Å².